The Morgan fingerprint density at radius 2 is 1.91 bits per heavy atom. The van der Waals surface area contributed by atoms with E-state index in [2.05, 4.69) is 28.4 Å². The number of ether oxygens (including phenoxy) is 1. The molecular weight excluding hydrogens is 290 g/mol. The van der Waals surface area contributed by atoms with Crippen molar-refractivity contribution in [3.05, 3.63) is 23.8 Å². The van der Waals surface area contributed by atoms with Gasteiger partial charge in [-0.15, -0.1) is 0 Å². The van der Waals surface area contributed by atoms with Crippen LogP contribution in [0, 0.1) is 0 Å². The second-order valence-corrected chi connectivity index (χ2v) is 7.36. The molecule has 0 radical (unpaired) electrons. The van der Waals surface area contributed by atoms with Gasteiger partial charge in [0.25, 0.3) is 0 Å². The van der Waals surface area contributed by atoms with Crippen molar-refractivity contribution in [2.45, 2.75) is 45.8 Å². The van der Waals surface area contributed by atoms with E-state index in [9.17, 15) is 4.79 Å². The molecule has 2 heterocycles. The largest absolute Gasteiger partial charge is 0.444 e. The number of benzene rings is 1. The molecule has 0 spiro atoms. The lowest BCUT2D eigenvalue weighted by molar-refractivity contribution is 0.0245. The van der Waals surface area contributed by atoms with E-state index >= 15 is 0 Å². The van der Waals surface area contributed by atoms with Crippen LogP contribution in [0.15, 0.2) is 18.2 Å². The van der Waals surface area contributed by atoms with Crippen LogP contribution in [0.2, 0.25) is 0 Å². The summed E-state index contributed by atoms with van der Waals surface area (Å²) >= 11 is 0. The second-order valence-electron chi connectivity index (χ2n) is 7.36. The fourth-order valence-electron chi connectivity index (χ4n) is 3.13. The van der Waals surface area contributed by atoms with Gasteiger partial charge in [0, 0.05) is 37.6 Å². The van der Waals surface area contributed by atoms with Crippen LogP contribution >= 0.6 is 0 Å². The van der Waals surface area contributed by atoms with Crippen LogP contribution in [-0.4, -0.2) is 42.8 Å². The highest BCUT2D eigenvalue weighted by Gasteiger charge is 2.25. The number of rotatable bonds is 1. The van der Waals surface area contributed by atoms with Crippen LogP contribution in [0.3, 0.4) is 0 Å². The summed E-state index contributed by atoms with van der Waals surface area (Å²) in [6.45, 7) is 9.98. The Balaban J connectivity index is 1.74. The van der Waals surface area contributed by atoms with E-state index in [1.165, 1.54) is 18.5 Å². The van der Waals surface area contributed by atoms with Crippen molar-refractivity contribution >= 4 is 17.5 Å². The molecule has 0 saturated carbocycles. The average molecular weight is 317 g/mol. The molecule has 2 aliphatic rings. The number of hydrogen-bond acceptors (Lipinski definition) is 4. The highest BCUT2D eigenvalue weighted by molar-refractivity contribution is 5.70. The average Bonchev–Trinajstić information content (AvgIpc) is 2.91. The summed E-state index contributed by atoms with van der Waals surface area (Å²) in [4.78, 5) is 16.5. The van der Waals surface area contributed by atoms with Crippen LogP contribution in [0.4, 0.5) is 16.2 Å². The molecule has 1 fully saturated rings. The van der Waals surface area contributed by atoms with E-state index in [-0.39, 0.29) is 6.09 Å². The predicted molar refractivity (Wildman–Crippen MR) is 93.0 cm³/mol. The Labute approximate surface area is 138 Å². The summed E-state index contributed by atoms with van der Waals surface area (Å²) in [5, 5.41) is 3.46. The first-order valence-electron chi connectivity index (χ1n) is 8.52. The lowest BCUT2D eigenvalue weighted by Gasteiger charge is -2.26. The number of amides is 1. The quantitative estimate of drug-likeness (QED) is 0.861. The van der Waals surface area contributed by atoms with Crippen molar-refractivity contribution in [1.29, 1.82) is 0 Å². The number of nitrogens with zero attached hydrogens (tertiary/aromatic N) is 2. The van der Waals surface area contributed by atoms with Gasteiger partial charge in [0.2, 0.25) is 0 Å². The zero-order valence-corrected chi connectivity index (χ0v) is 14.4. The molecule has 2 aliphatic heterocycles. The fourth-order valence-corrected chi connectivity index (χ4v) is 3.13. The normalized spacial score (nSPS) is 18.2. The van der Waals surface area contributed by atoms with Crippen LogP contribution in [0.25, 0.3) is 0 Å². The molecule has 0 unspecified atom stereocenters. The summed E-state index contributed by atoms with van der Waals surface area (Å²) < 4.78 is 5.50. The van der Waals surface area contributed by atoms with Crippen molar-refractivity contribution in [1.82, 2.24) is 4.90 Å². The standard InChI is InChI=1S/C18H27N3O2/c1-18(2,3)23-17(22)21-11-8-19-16-12-15(7-6-14(16)13-21)20-9-4-5-10-20/h6-7,12,19H,4-5,8-11,13H2,1-3H3. The summed E-state index contributed by atoms with van der Waals surface area (Å²) in [7, 11) is 0. The minimum Gasteiger partial charge on any atom is -0.444 e. The first kappa shape index (κ1) is 16.0. The predicted octanol–water partition coefficient (Wildman–Crippen LogP) is 3.45. The van der Waals surface area contributed by atoms with Gasteiger partial charge in [-0.25, -0.2) is 4.79 Å². The zero-order chi connectivity index (χ0) is 16.4. The third kappa shape index (κ3) is 3.89. The molecule has 0 bridgehead atoms. The number of carbonyl (C=O) groups excluding carboxylic acids is 1. The van der Waals surface area contributed by atoms with Gasteiger partial charge >= 0.3 is 6.09 Å². The molecule has 0 aromatic heterocycles. The van der Waals surface area contributed by atoms with E-state index in [0.29, 0.717) is 13.1 Å². The monoisotopic (exact) mass is 317 g/mol. The number of hydrogen-bond donors (Lipinski definition) is 1. The molecule has 0 aliphatic carbocycles. The number of fused-ring (bicyclic) bond motifs is 1. The van der Waals surface area contributed by atoms with Crippen LogP contribution in [0.5, 0.6) is 0 Å². The third-order valence-electron chi connectivity index (χ3n) is 4.27. The highest BCUT2D eigenvalue weighted by Crippen LogP contribution is 2.29. The maximum absolute atomic E-state index is 12.3. The third-order valence-corrected chi connectivity index (χ3v) is 4.27. The Morgan fingerprint density at radius 1 is 1.17 bits per heavy atom. The molecule has 1 N–H and O–H groups in total. The van der Waals surface area contributed by atoms with Gasteiger partial charge in [0.15, 0.2) is 0 Å². The van der Waals surface area contributed by atoms with Crippen molar-refractivity contribution in [3.63, 3.8) is 0 Å². The van der Waals surface area contributed by atoms with E-state index in [4.69, 9.17) is 4.74 Å². The van der Waals surface area contributed by atoms with Crippen molar-refractivity contribution in [2.24, 2.45) is 0 Å². The molecule has 1 saturated heterocycles. The number of nitrogens with one attached hydrogen (secondary N) is 1. The summed E-state index contributed by atoms with van der Waals surface area (Å²) in [6, 6.07) is 6.53. The van der Waals surface area contributed by atoms with E-state index in [1.807, 2.05) is 20.8 Å². The number of anilines is 2. The van der Waals surface area contributed by atoms with Crippen LogP contribution < -0.4 is 10.2 Å². The zero-order valence-electron chi connectivity index (χ0n) is 14.4. The van der Waals surface area contributed by atoms with Crippen molar-refractivity contribution in [3.8, 4) is 0 Å². The second kappa shape index (κ2) is 6.30. The van der Waals surface area contributed by atoms with E-state index < -0.39 is 5.60 Å². The van der Waals surface area contributed by atoms with Gasteiger partial charge in [0.05, 0.1) is 6.54 Å². The minimum atomic E-state index is -0.459. The molecular formula is C18H27N3O2. The smallest absolute Gasteiger partial charge is 0.410 e. The topological polar surface area (TPSA) is 44.8 Å². The molecule has 0 atom stereocenters. The molecule has 5 nitrogen and oxygen atoms in total. The molecule has 23 heavy (non-hydrogen) atoms. The molecule has 126 valence electrons. The van der Waals surface area contributed by atoms with Gasteiger partial charge in [-0.1, -0.05) is 6.07 Å². The van der Waals surface area contributed by atoms with Gasteiger partial charge in [-0.2, -0.15) is 0 Å². The van der Waals surface area contributed by atoms with Crippen LogP contribution in [0.1, 0.15) is 39.2 Å². The Hall–Kier alpha value is -1.91. The summed E-state index contributed by atoms with van der Waals surface area (Å²) in [6.07, 6.45) is 2.31. The van der Waals surface area contributed by atoms with E-state index in [0.717, 1.165) is 30.9 Å². The molecule has 3 rings (SSSR count). The molecule has 1 amide bonds. The highest BCUT2D eigenvalue weighted by atomic mass is 16.6. The summed E-state index contributed by atoms with van der Waals surface area (Å²) in [5.74, 6) is 0. The van der Waals surface area contributed by atoms with Gasteiger partial charge in [-0.3, -0.25) is 0 Å². The lowest BCUT2D eigenvalue weighted by atomic mass is 10.1. The molecule has 5 heteroatoms. The lowest BCUT2D eigenvalue weighted by Crippen LogP contribution is -2.37. The minimum absolute atomic E-state index is 0.240. The maximum Gasteiger partial charge on any atom is 0.410 e. The van der Waals surface area contributed by atoms with Crippen molar-refractivity contribution in [2.75, 3.05) is 36.4 Å². The van der Waals surface area contributed by atoms with Gasteiger partial charge < -0.3 is 19.9 Å². The van der Waals surface area contributed by atoms with Crippen molar-refractivity contribution < 1.29 is 9.53 Å². The SMILES string of the molecule is CC(C)(C)OC(=O)N1CCNc2cc(N3CCCC3)ccc2C1. The van der Waals surface area contributed by atoms with E-state index in [1.54, 1.807) is 4.90 Å². The number of carbonyl (C=O) groups is 1. The Morgan fingerprint density at radius 3 is 2.61 bits per heavy atom. The Bertz CT molecular complexity index is 574. The maximum atomic E-state index is 12.3. The Kier molecular flexibility index (Phi) is 4.37. The first-order valence-corrected chi connectivity index (χ1v) is 8.52. The van der Waals surface area contributed by atoms with Gasteiger partial charge in [0.1, 0.15) is 5.60 Å². The van der Waals surface area contributed by atoms with Gasteiger partial charge in [-0.05, 0) is 51.3 Å². The van der Waals surface area contributed by atoms with Crippen LogP contribution in [-0.2, 0) is 11.3 Å². The summed E-state index contributed by atoms with van der Waals surface area (Å²) in [5.41, 5.74) is 3.11. The molecule has 1 aromatic rings. The fraction of sp³-hybridized carbons (Fsp3) is 0.611. The molecule has 1 aromatic carbocycles. The first-order chi connectivity index (χ1) is 10.9.